The molecule has 2 bridgehead atoms. The van der Waals surface area contributed by atoms with Crippen LogP contribution >= 0.6 is 34.8 Å². The molecule has 10 heteroatoms. The molecule has 2 N–H and O–H groups in total. The lowest BCUT2D eigenvalue weighted by Crippen LogP contribution is -2.65. The SMILES string of the molecule is O=C([C@@H]1[C@@H](c2ccc(CCCOc3c(F)ccc(F)c3Cl)cc2)C[C@@H]2CNC[C@H]1N2)N(Cc1cccc(Cl)c1Cl)C1CC1. The van der Waals surface area contributed by atoms with Gasteiger partial charge in [-0.05, 0) is 72.9 Å². The van der Waals surface area contributed by atoms with Crippen LogP contribution in [0.25, 0.3) is 0 Å². The van der Waals surface area contributed by atoms with Gasteiger partial charge < -0.3 is 20.3 Å². The lowest BCUT2D eigenvalue weighted by Gasteiger charge is -2.47. The first-order valence-corrected chi connectivity index (χ1v) is 16.0. The number of halogens is 5. The predicted octanol–water partition coefficient (Wildman–Crippen LogP) is 7.16. The molecule has 6 rings (SSSR count). The second kappa shape index (κ2) is 13.3. The van der Waals surface area contributed by atoms with Gasteiger partial charge in [0.1, 0.15) is 10.8 Å². The number of piperazine rings is 1. The Kier molecular flexibility index (Phi) is 9.46. The van der Waals surface area contributed by atoms with Crippen molar-refractivity contribution in [3.63, 3.8) is 0 Å². The molecule has 4 atom stereocenters. The van der Waals surface area contributed by atoms with E-state index in [1.54, 1.807) is 6.07 Å². The number of nitrogens with zero attached hydrogens (tertiary/aromatic N) is 1. The Balaban J connectivity index is 1.15. The van der Waals surface area contributed by atoms with Crippen LogP contribution in [0.5, 0.6) is 5.75 Å². The Labute approximate surface area is 265 Å². The van der Waals surface area contributed by atoms with Crippen LogP contribution in [0.2, 0.25) is 15.1 Å². The van der Waals surface area contributed by atoms with Crippen molar-refractivity contribution in [1.29, 1.82) is 0 Å². The Bertz CT molecular complexity index is 1470. The van der Waals surface area contributed by atoms with Crippen LogP contribution in [0.1, 0.15) is 48.3 Å². The summed E-state index contributed by atoms with van der Waals surface area (Å²) in [6, 6.07) is 16.6. The molecule has 0 unspecified atom stereocenters. The molecular formula is C33H34Cl3F2N3O2. The fraction of sp³-hybridized carbons (Fsp3) is 0.424. The second-order valence-electron chi connectivity index (χ2n) is 11.8. The minimum atomic E-state index is -0.711. The van der Waals surface area contributed by atoms with Crippen LogP contribution in [-0.4, -0.2) is 48.6 Å². The number of hydrogen-bond donors (Lipinski definition) is 2. The van der Waals surface area contributed by atoms with Gasteiger partial charge in [-0.15, -0.1) is 0 Å². The molecule has 43 heavy (non-hydrogen) atoms. The molecule has 0 spiro atoms. The smallest absolute Gasteiger partial charge is 0.228 e. The van der Waals surface area contributed by atoms with E-state index in [9.17, 15) is 13.6 Å². The van der Waals surface area contributed by atoms with Gasteiger partial charge in [-0.1, -0.05) is 71.2 Å². The fourth-order valence-corrected chi connectivity index (χ4v) is 7.07. The van der Waals surface area contributed by atoms with E-state index in [1.165, 1.54) is 0 Å². The molecule has 3 aromatic rings. The van der Waals surface area contributed by atoms with E-state index >= 15 is 0 Å². The van der Waals surface area contributed by atoms with Crippen molar-refractivity contribution in [3.05, 3.63) is 98.0 Å². The number of ether oxygens (including phenoxy) is 1. The number of rotatable bonds is 10. The largest absolute Gasteiger partial charge is 0.489 e. The number of carbonyl (C=O) groups excluding carboxylic acids is 1. The number of benzene rings is 3. The van der Waals surface area contributed by atoms with Crippen LogP contribution in [0.15, 0.2) is 54.6 Å². The summed E-state index contributed by atoms with van der Waals surface area (Å²) >= 11 is 18.7. The number of nitrogens with one attached hydrogen (secondary N) is 2. The Morgan fingerprint density at radius 1 is 0.953 bits per heavy atom. The van der Waals surface area contributed by atoms with Crippen molar-refractivity contribution in [3.8, 4) is 5.75 Å². The highest BCUT2D eigenvalue weighted by Gasteiger charge is 2.47. The molecule has 3 aliphatic rings. The minimum Gasteiger partial charge on any atom is -0.489 e. The van der Waals surface area contributed by atoms with Crippen LogP contribution in [0, 0.1) is 17.6 Å². The maximum Gasteiger partial charge on any atom is 0.228 e. The molecule has 3 fully saturated rings. The van der Waals surface area contributed by atoms with Crippen LogP contribution in [-0.2, 0) is 17.8 Å². The Hall–Kier alpha value is -2.42. The monoisotopic (exact) mass is 647 g/mol. The standard InChI is InChI=1S/C33H34Cl3F2N3O2/c34-25-5-1-4-21(30(25)35)18-41(23-10-11-23)33(42)29-24(15-22-16-39-17-28(29)40-22)20-8-6-19(7-9-20)3-2-14-43-32-27(38)13-12-26(37)31(32)36/h1,4-9,12-13,22-24,28-29,39-40H,2-3,10-11,14-18H2/t22-,24-,28-,29-/m1/s1. The summed E-state index contributed by atoms with van der Waals surface area (Å²) < 4.78 is 33.1. The Morgan fingerprint density at radius 3 is 2.49 bits per heavy atom. The van der Waals surface area contributed by atoms with E-state index in [-0.39, 0.29) is 47.2 Å². The van der Waals surface area contributed by atoms with E-state index in [1.807, 2.05) is 17.0 Å². The molecule has 0 aromatic heterocycles. The van der Waals surface area contributed by atoms with Crippen molar-refractivity contribution < 1.29 is 18.3 Å². The first-order chi connectivity index (χ1) is 20.8. The van der Waals surface area contributed by atoms with Gasteiger partial charge in [0, 0.05) is 37.8 Å². The van der Waals surface area contributed by atoms with E-state index in [0.717, 1.165) is 61.2 Å². The van der Waals surface area contributed by atoms with Gasteiger partial charge in [-0.3, -0.25) is 4.79 Å². The van der Waals surface area contributed by atoms with E-state index in [2.05, 4.69) is 34.9 Å². The molecule has 2 saturated heterocycles. The number of carbonyl (C=O) groups is 1. The molecule has 0 radical (unpaired) electrons. The van der Waals surface area contributed by atoms with Crippen LogP contribution in [0.3, 0.4) is 0 Å². The number of piperidine rings is 1. The van der Waals surface area contributed by atoms with Crippen LogP contribution < -0.4 is 15.4 Å². The summed E-state index contributed by atoms with van der Waals surface area (Å²) in [7, 11) is 0. The zero-order valence-electron chi connectivity index (χ0n) is 23.6. The zero-order chi connectivity index (χ0) is 30.1. The minimum absolute atomic E-state index is 0.0351. The quantitative estimate of drug-likeness (QED) is 0.181. The number of aryl methyl sites for hydroxylation is 1. The van der Waals surface area contributed by atoms with Crippen molar-refractivity contribution in [1.82, 2.24) is 15.5 Å². The van der Waals surface area contributed by atoms with Gasteiger partial charge in [0.2, 0.25) is 5.91 Å². The van der Waals surface area contributed by atoms with Crippen molar-refractivity contribution in [2.75, 3.05) is 19.7 Å². The summed E-state index contributed by atoms with van der Waals surface area (Å²) in [5, 5.41) is 7.90. The first kappa shape index (κ1) is 30.6. The predicted molar refractivity (Wildman–Crippen MR) is 166 cm³/mol. The van der Waals surface area contributed by atoms with E-state index < -0.39 is 11.6 Å². The lowest BCUT2D eigenvalue weighted by atomic mass is 9.72. The number of amides is 1. The molecule has 228 valence electrons. The Morgan fingerprint density at radius 2 is 1.72 bits per heavy atom. The molecule has 2 aliphatic heterocycles. The second-order valence-corrected chi connectivity index (χ2v) is 12.9. The fourth-order valence-electron chi connectivity index (χ4n) is 6.48. The van der Waals surface area contributed by atoms with Crippen molar-refractivity contribution in [2.45, 2.75) is 62.7 Å². The third kappa shape index (κ3) is 6.81. The van der Waals surface area contributed by atoms with Gasteiger partial charge in [0.05, 0.1) is 22.6 Å². The summed E-state index contributed by atoms with van der Waals surface area (Å²) in [4.78, 5) is 16.4. The molecule has 2 heterocycles. The lowest BCUT2D eigenvalue weighted by molar-refractivity contribution is -0.140. The third-order valence-corrected chi connectivity index (χ3v) is 10.0. The summed E-state index contributed by atoms with van der Waals surface area (Å²) in [5.74, 6) is -1.62. The third-order valence-electron chi connectivity index (χ3n) is 8.80. The molecule has 3 aromatic carbocycles. The average Bonchev–Trinajstić information content (AvgIpc) is 3.85. The number of fused-ring (bicyclic) bond motifs is 2. The topological polar surface area (TPSA) is 53.6 Å². The van der Waals surface area contributed by atoms with Crippen LogP contribution in [0.4, 0.5) is 8.78 Å². The zero-order valence-corrected chi connectivity index (χ0v) is 25.9. The van der Waals surface area contributed by atoms with Gasteiger partial charge in [-0.25, -0.2) is 8.78 Å². The average molecular weight is 649 g/mol. The van der Waals surface area contributed by atoms with Gasteiger partial charge >= 0.3 is 0 Å². The summed E-state index contributed by atoms with van der Waals surface area (Å²) in [5.41, 5.74) is 3.12. The maximum absolute atomic E-state index is 14.4. The normalized spacial score (nSPS) is 23.2. The maximum atomic E-state index is 14.4. The first-order valence-electron chi connectivity index (χ1n) is 14.9. The molecule has 1 saturated carbocycles. The van der Waals surface area contributed by atoms with E-state index in [4.69, 9.17) is 39.5 Å². The number of hydrogen-bond acceptors (Lipinski definition) is 4. The van der Waals surface area contributed by atoms with E-state index in [0.29, 0.717) is 35.5 Å². The molecule has 1 amide bonds. The highest BCUT2D eigenvalue weighted by molar-refractivity contribution is 6.42. The van der Waals surface area contributed by atoms with Gasteiger partial charge in [0.15, 0.2) is 11.6 Å². The summed E-state index contributed by atoms with van der Waals surface area (Å²) in [6.07, 6.45) is 4.17. The van der Waals surface area contributed by atoms with Crippen molar-refractivity contribution >= 4 is 40.7 Å². The molecular weight excluding hydrogens is 615 g/mol. The highest BCUT2D eigenvalue weighted by Crippen LogP contribution is 2.41. The van der Waals surface area contributed by atoms with Crippen molar-refractivity contribution in [2.24, 2.45) is 5.92 Å². The highest BCUT2D eigenvalue weighted by atomic mass is 35.5. The van der Waals surface area contributed by atoms with Gasteiger partial charge in [0.25, 0.3) is 0 Å². The molecule has 1 aliphatic carbocycles. The molecule has 5 nitrogen and oxygen atoms in total. The summed E-state index contributed by atoms with van der Waals surface area (Å²) in [6.45, 7) is 2.28. The van der Waals surface area contributed by atoms with Gasteiger partial charge in [-0.2, -0.15) is 0 Å².